The summed E-state index contributed by atoms with van der Waals surface area (Å²) < 4.78 is 30.6. The maximum atomic E-state index is 12.6. The van der Waals surface area contributed by atoms with Crippen LogP contribution >= 0.6 is 0 Å². The Morgan fingerprint density at radius 3 is 2.83 bits per heavy atom. The fourth-order valence-corrected chi connectivity index (χ4v) is 3.16. The molecule has 1 amide bonds. The fraction of sp³-hybridized carbons (Fsp3) is 0.333. The van der Waals surface area contributed by atoms with Crippen molar-refractivity contribution in [3.63, 3.8) is 0 Å². The van der Waals surface area contributed by atoms with Crippen LogP contribution in [0.3, 0.4) is 0 Å². The summed E-state index contributed by atoms with van der Waals surface area (Å²) in [6.45, 7) is 0.767. The second-order valence-electron chi connectivity index (χ2n) is 5.49. The standard InChI is InChI=1S/C15H17N3O4S/c1-17-10-11(9-16-17)7-15(19)18-5-6-22-14-4-3-12(8-13(14)18)23(2,20)21/h3-4,8-10H,5-7H2,1-2H3. The van der Waals surface area contributed by atoms with Crippen molar-refractivity contribution in [3.8, 4) is 5.75 Å². The Morgan fingerprint density at radius 1 is 1.39 bits per heavy atom. The van der Waals surface area contributed by atoms with Crippen LogP contribution in [-0.4, -0.2) is 43.5 Å². The Kier molecular flexibility index (Phi) is 3.85. The molecule has 0 saturated carbocycles. The smallest absolute Gasteiger partial charge is 0.231 e. The number of benzene rings is 1. The summed E-state index contributed by atoms with van der Waals surface area (Å²) in [6, 6.07) is 4.57. The van der Waals surface area contributed by atoms with Crippen LogP contribution in [0.15, 0.2) is 35.5 Å². The van der Waals surface area contributed by atoms with Gasteiger partial charge >= 0.3 is 0 Å². The minimum absolute atomic E-state index is 0.117. The summed E-state index contributed by atoms with van der Waals surface area (Å²) >= 11 is 0. The highest BCUT2D eigenvalue weighted by Gasteiger charge is 2.25. The first-order valence-corrected chi connectivity index (χ1v) is 8.98. The lowest BCUT2D eigenvalue weighted by Gasteiger charge is -2.29. The van der Waals surface area contributed by atoms with Crippen LogP contribution in [0.25, 0.3) is 0 Å². The molecular weight excluding hydrogens is 318 g/mol. The molecule has 7 nitrogen and oxygen atoms in total. The van der Waals surface area contributed by atoms with Crippen LogP contribution in [0.5, 0.6) is 5.75 Å². The van der Waals surface area contributed by atoms with E-state index in [1.165, 1.54) is 12.1 Å². The van der Waals surface area contributed by atoms with Gasteiger partial charge in [-0.25, -0.2) is 8.42 Å². The molecule has 0 spiro atoms. The average Bonchev–Trinajstić information content (AvgIpc) is 2.90. The van der Waals surface area contributed by atoms with Gasteiger partial charge in [0.25, 0.3) is 0 Å². The number of aryl methyl sites for hydroxylation is 1. The Morgan fingerprint density at radius 2 is 2.17 bits per heavy atom. The molecule has 0 bridgehead atoms. The van der Waals surface area contributed by atoms with E-state index in [2.05, 4.69) is 5.10 Å². The third kappa shape index (κ3) is 3.21. The summed E-state index contributed by atoms with van der Waals surface area (Å²) in [6.07, 6.45) is 4.77. The van der Waals surface area contributed by atoms with Gasteiger partial charge in [-0.05, 0) is 23.8 Å². The number of amides is 1. The Hall–Kier alpha value is -2.35. The van der Waals surface area contributed by atoms with Crippen molar-refractivity contribution in [2.75, 3.05) is 24.3 Å². The van der Waals surface area contributed by atoms with Gasteiger partial charge in [0.05, 0.1) is 29.7 Å². The van der Waals surface area contributed by atoms with E-state index < -0.39 is 9.84 Å². The third-order valence-corrected chi connectivity index (χ3v) is 4.75. The molecule has 2 heterocycles. The van der Waals surface area contributed by atoms with Crippen LogP contribution in [0.1, 0.15) is 5.56 Å². The molecule has 8 heteroatoms. The van der Waals surface area contributed by atoms with E-state index in [1.807, 2.05) is 0 Å². The first-order valence-electron chi connectivity index (χ1n) is 7.09. The molecule has 0 saturated heterocycles. The molecule has 1 aromatic carbocycles. The van der Waals surface area contributed by atoms with Crippen LogP contribution in [0.2, 0.25) is 0 Å². The highest BCUT2D eigenvalue weighted by Crippen LogP contribution is 2.34. The second-order valence-corrected chi connectivity index (χ2v) is 7.51. The minimum atomic E-state index is -3.35. The molecule has 0 N–H and O–H groups in total. The number of hydrogen-bond donors (Lipinski definition) is 0. The summed E-state index contributed by atoms with van der Waals surface area (Å²) in [7, 11) is -1.56. The largest absolute Gasteiger partial charge is 0.490 e. The number of rotatable bonds is 3. The SMILES string of the molecule is Cn1cc(CC(=O)N2CCOc3ccc(S(C)(=O)=O)cc32)cn1. The van der Waals surface area contributed by atoms with Crippen molar-refractivity contribution >= 4 is 21.4 Å². The zero-order valence-electron chi connectivity index (χ0n) is 12.9. The summed E-state index contributed by atoms with van der Waals surface area (Å²) in [5, 5.41) is 4.05. The van der Waals surface area contributed by atoms with Crippen molar-refractivity contribution in [2.24, 2.45) is 7.05 Å². The van der Waals surface area contributed by atoms with E-state index in [9.17, 15) is 13.2 Å². The van der Waals surface area contributed by atoms with E-state index in [0.717, 1.165) is 11.8 Å². The quantitative estimate of drug-likeness (QED) is 0.828. The highest BCUT2D eigenvalue weighted by molar-refractivity contribution is 7.90. The molecular formula is C15H17N3O4S. The van der Waals surface area contributed by atoms with Gasteiger partial charge in [0.2, 0.25) is 5.91 Å². The Bertz CT molecular complexity index is 857. The first kappa shape index (κ1) is 15.5. The van der Waals surface area contributed by atoms with Crippen molar-refractivity contribution in [1.82, 2.24) is 9.78 Å². The van der Waals surface area contributed by atoms with Gasteiger partial charge in [-0.2, -0.15) is 5.10 Å². The minimum Gasteiger partial charge on any atom is -0.490 e. The molecule has 1 aromatic heterocycles. The lowest BCUT2D eigenvalue weighted by molar-refractivity contribution is -0.118. The number of hydrogen-bond acceptors (Lipinski definition) is 5. The van der Waals surface area contributed by atoms with Crippen LogP contribution in [0, 0.1) is 0 Å². The van der Waals surface area contributed by atoms with Crippen molar-refractivity contribution in [1.29, 1.82) is 0 Å². The molecule has 3 rings (SSSR count). The van der Waals surface area contributed by atoms with Gasteiger partial charge in [-0.15, -0.1) is 0 Å². The highest BCUT2D eigenvalue weighted by atomic mass is 32.2. The van der Waals surface area contributed by atoms with E-state index >= 15 is 0 Å². The van der Waals surface area contributed by atoms with E-state index in [4.69, 9.17) is 4.74 Å². The number of sulfone groups is 1. The number of carbonyl (C=O) groups is 1. The van der Waals surface area contributed by atoms with Crippen LogP contribution in [0.4, 0.5) is 5.69 Å². The number of aromatic nitrogens is 2. The van der Waals surface area contributed by atoms with Gasteiger partial charge in [0.1, 0.15) is 12.4 Å². The van der Waals surface area contributed by atoms with Gasteiger partial charge in [-0.1, -0.05) is 0 Å². The topological polar surface area (TPSA) is 81.5 Å². The Balaban J connectivity index is 1.92. The fourth-order valence-electron chi connectivity index (χ4n) is 2.52. The lowest BCUT2D eigenvalue weighted by Crippen LogP contribution is -2.39. The predicted molar refractivity (Wildman–Crippen MR) is 84.3 cm³/mol. The van der Waals surface area contributed by atoms with Crippen LogP contribution in [-0.2, 0) is 28.1 Å². The molecule has 23 heavy (non-hydrogen) atoms. The van der Waals surface area contributed by atoms with Crippen molar-refractivity contribution in [2.45, 2.75) is 11.3 Å². The maximum absolute atomic E-state index is 12.6. The van der Waals surface area contributed by atoms with E-state index in [0.29, 0.717) is 24.6 Å². The van der Waals surface area contributed by atoms with Crippen molar-refractivity contribution < 1.29 is 17.9 Å². The molecule has 1 aliphatic heterocycles. The molecule has 2 aromatic rings. The summed E-state index contributed by atoms with van der Waals surface area (Å²) in [4.78, 5) is 14.3. The van der Waals surface area contributed by atoms with E-state index in [-0.39, 0.29) is 17.2 Å². The van der Waals surface area contributed by atoms with Gasteiger partial charge in [0, 0.05) is 19.5 Å². The molecule has 0 aliphatic carbocycles. The Labute approximate surface area is 134 Å². The monoisotopic (exact) mass is 335 g/mol. The molecule has 1 aliphatic rings. The number of ether oxygens (including phenoxy) is 1. The molecule has 0 unspecified atom stereocenters. The van der Waals surface area contributed by atoms with Gasteiger partial charge < -0.3 is 9.64 Å². The number of anilines is 1. The molecule has 0 atom stereocenters. The average molecular weight is 335 g/mol. The lowest BCUT2D eigenvalue weighted by atomic mass is 10.2. The van der Waals surface area contributed by atoms with E-state index in [1.54, 1.807) is 35.1 Å². The van der Waals surface area contributed by atoms with Crippen molar-refractivity contribution in [3.05, 3.63) is 36.2 Å². The molecule has 0 radical (unpaired) electrons. The zero-order valence-corrected chi connectivity index (χ0v) is 13.7. The number of fused-ring (bicyclic) bond motifs is 1. The number of nitrogens with zero attached hydrogens (tertiary/aromatic N) is 3. The number of carbonyl (C=O) groups excluding carboxylic acids is 1. The summed E-state index contributed by atoms with van der Waals surface area (Å²) in [5.74, 6) is 0.399. The van der Waals surface area contributed by atoms with Gasteiger partial charge in [0.15, 0.2) is 9.84 Å². The first-order chi connectivity index (χ1) is 10.8. The maximum Gasteiger partial charge on any atom is 0.231 e. The van der Waals surface area contributed by atoms with Crippen LogP contribution < -0.4 is 9.64 Å². The third-order valence-electron chi connectivity index (χ3n) is 3.64. The van der Waals surface area contributed by atoms with Gasteiger partial charge in [-0.3, -0.25) is 9.48 Å². The summed E-state index contributed by atoms with van der Waals surface area (Å²) in [5.41, 5.74) is 1.30. The molecule has 0 fully saturated rings. The molecule has 122 valence electrons. The predicted octanol–water partition coefficient (Wildman–Crippen LogP) is 0.792. The normalized spacial score (nSPS) is 14.3. The second kappa shape index (κ2) is 5.69. The zero-order chi connectivity index (χ0) is 16.6.